The molecule has 0 fully saturated rings. The normalized spacial score (nSPS) is 16.7. The SMILES string of the molecule is [2H]c1c([2H])c([2H])c(N(c2ccc(C)cc2)c2ccc3c(c2)C(C)(C)c2cc4c(c(N(c5ccc(C)cc5)c5c([2H])c([2H])c([2H])c([2H])c5[2H])c2-3)C(C)(C)c2ccc3ccccc3c2-4)c([2H])c1[2H]. The zero-order valence-corrected chi connectivity index (χ0v) is 32.3. The van der Waals surface area contributed by atoms with Crippen molar-refractivity contribution in [2.45, 2.75) is 52.4 Å². The Balaban J connectivity index is 1.35. The minimum Gasteiger partial charge on any atom is -0.310 e. The first-order chi connectivity index (χ1) is 31.3. The van der Waals surface area contributed by atoms with E-state index in [0.29, 0.717) is 22.7 Å². The molecule has 0 spiro atoms. The van der Waals surface area contributed by atoms with Crippen molar-refractivity contribution in [3.8, 4) is 22.3 Å². The van der Waals surface area contributed by atoms with Gasteiger partial charge in [-0.3, -0.25) is 0 Å². The Hall–Kier alpha value is -6.38. The fourth-order valence-electron chi connectivity index (χ4n) is 9.13. The van der Waals surface area contributed by atoms with E-state index in [-0.39, 0.29) is 35.5 Å². The lowest BCUT2D eigenvalue weighted by atomic mass is 9.77. The van der Waals surface area contributed by atoms with Crippen molar-refractivity contribution in [3.05, 3.63) is 203 Å². The van der Waals surface area contributed by atoms with Crippen LogP contribution in [0.5, 0.6) is 0 Å². The molecule has 2 aliphatic rings. The summed E-state index contributed by atoms with van der Waals surface area (Å²) >= 11 is 0. The van der Waals surface area contributed by atoms with E-state index >= 15 is 0 Å². The van der Waals surface area contributed by atoms with Crippen LogP contribution in [0.1, 0.15) is 74.8 Å². The Morgan fingerprint density at radius 2 is 1.02 bits per heavy atom. The molecule has 56 heavy (non-hydrogen) atoms. The van der Waals surface area contributed by atoms with Crippen LogP contribution in [0.2, 0.25) is 0 Å². The molecule has 0 aromatic heterocycles. The summed E-state index contributed by atoms with van der Waals surface area (Å²) in [5.74, 6) is 0. The molecule has 0 saturated carbocycles. The Labute approximate surface area is 345 Å². The van der Waals surface area contributed by atoms with Gasteiger partial charge in [0.05, 0.1) is 19.4 Å². The third-order valence-electron chi connectivity index (χ3n) is 11.9. The van der Waals surface area contributed by atoms with Crippen molar-refractivity contribution >= 4 is 44.9 Å². The van der Waals surface area contributed by atoms with Gasteiger partial charge in [-0.2, -0.15) is 0 Å². The minimum absolute atomic E-state index is 0.0229. The maximum Gasteiger partial charge on any atom is 0.0645 e. The summed E-state index contributed by atoms with van der Waals surface area (Å²) in [4.78, 5) is 3.62. The molecule has 272 valence electrons. The van der Waals surface area contributed by atoms with E-state index in [9.17, 15) is 2.74 Å². The van der Waals surface area contributed by atoms with E-state index in [0.717, 1.165) is 66.4 Å². The summed E-state index contributed by atoms with van der Waals surface area (Å²) in [6.07, 6.45) is 0. The minimum atomic E-state index is -0.723. The molecular formula is C54H46N2. The highest BCUT2D eigenvalue weighted by molar-refractivity contribution is 6.08. The van der Waals surface area contributed by atoms with E-state index in [1.54, 1.807) is 4.90 Å². The maximum atomic E-state index is 9.50. The second kappa shape index (κ2) is 12.6. The Bertz CT molecular complexity index is 3340. The van der Waals surface area contributed by atoms with Crippen LogP contribution in [-0.2, 0) is 10.8 Å². The van der Waals surface area contributed by atoms with E-state index in [4.69, 9.17) is 11.0 Å². The van der Waals surface area contributed by atoms with Gasteiger partial charge < -0.3 is 9.80 Å². The molecule has 0 amide bonds. The first kappa shape index (κ1) is 24.9. The Morgan fingerprint density at radius 1 is 0.446 bits per heavy atom. The second-order valence-corrected chi connectivity index (χ2v) is 16.0. The Morgan fingerprint density at radius 3 is 1.66 bits per heavy atom. The first-order valence-corrected chi connectivity index (χ1v) is 19.0. The quantitative estimate of drug-likeness (QED) is 0.168. The highest BCUT2D eigenvalue weighted by Crippen LogP contribution is 2.63. The molecule has 8 aromatic rings. The van der Waals surface area contributed by atoms with E-state index in [1.807, 2.05) is 97.6 Å². The van der Waals surface area contributed by atoms with Gasteiger partial charge in [0, 0.05) is 44.8 Å². The van der Waals surface area contributed by atoms with Crippen LogP contribution in [0.3, 0.4) is 0 Å². The van der Waals surface area contributed by atoms with Crippen LogP contribution in [0.4, 0.5) is 34.1 Å². The van der Waals surface area contributed by atoms with Gasteiger partial charge in [0.1, 0.15) is 0 Å². The van der Waals surface area contributed by atoms with Gasteiger partial charge in [-0.05, 0) is 130 Å². The van der Waals surface area contributed by atoms with Crippen molar-refractivity contribution < 1.29 is 13.7 Å². The van der Waals surface area contributed by atoms with Crippen molar-refractivity contribution in [2.24, 2.45) is 0 Å². The lowest BCUT2D eigenvalue weighted by Gasteiger charge is -2.35. The zero-order chi connectivity index (χ0) is 47.0. The highest BCUT2D eigenvalue weighted by Gasteiger charge is 2.46. The molecule has 0 atom stereocenters. The van der Waals surface area contributed by atoms with Crippen LogP contribution in [-0.4, -0.2) is 0 Å². The number of hydrogen-bond acceptors (Lipinski definition) is 2. The number of fused-ring (bicyclic) bond motifs is 8. The molecule has 2 nitrogen and oxygen atoms in total. The van der Waals surface area contributed by atoms with Gasteiger partial charge in [-0.1, -0.05) is 142 Å². The third-order valence-corrected chi connectivity index (χ3v) is 11.9. The Kier molecular flexibility index (Phi) is 5.60. The fraction of sp³-hybridized carbons (Fsp3) is 0.148. The number of nitrogens with zero attached hydrogens (tertiary/aromatic N) is 2. The molecule has 0 aliphatic heterocycles. The molecule has 0 N–H and O–H groups in total. The van der Waals surface area contributed by atoms with Crippen LogP contribution < -0.4 is 9.80 Å². The zero-order valence-electron chi connectivity index (χ0n) is 42.3. The van der Waals surface area contributed by atoms with Gasteiger partial charge >= 0.3 is 0 Å². The fourth-order valence-corrected chi connectivity index (χ4v) is 9.13. The first-order valence-electron chi connectivity index (χ1n) is 24.0. The molecule has 0 unspecified atom stereocenters. The molecule has 2 aliphatic carbocycles. The lowest BCUT2D eigenvalue weighted by molar-refractivity contribution is 0.652. The highest BCUT2D eigenvalue weighted by atomic mass is 15.2. The molecule has 2 heteroatoms. The summed E-state index contributed by atoms with van der Waals surface area (Å²) in [6.45, 7) is 12.7. The third kappa shape index (κ3) is 5.09. The monoisotopic (exact) mass is 732 g/mol. The lowest BCUT2D eigenvalue weighted by Crippen LogP contribution is -2.22. The number of rotatable bonds is 6. The van der Waals surface area contributed by atoms with E-state index in [2.05, 4.69) is 58.0 Å². The second-order valence-electron chi connectivity index (χ2n) is 16.0. The predicted molar refractivity (Wildman–Crippen MR) is 238 cm³/mol. The van der Waals surface area contributed by atoms with Crippen molar-refractivity contribution in [3.63, 3.8) is 0 Å². The molecule has 8 aromatic carbocycles. The van der Waals surface area contributed by atoms with E-state index in [1.165, 1.54) is 0 Å². The van der Waals surface area contributed by atoms with Crippen LogP contribution in [0, 0.1) is 13.8 Å². The number of benzene rings is 8. The maximum absolute atomic E-state index is 9.50. The van der Waals surface area contributed by atoms with Crippen LogP contribution in [0.25, 0.3) is 33.0 Å². The number of anilines is 6. The van der Waals surface area contributed by atoms with Gasteiger partial charge in [0.2, 0.25) is 0 Å². The largest absolute Gasteiger partial charge is 0.310 e. The average Bonchev–Trinajstić information content (AvgIpc) is 3.68. The molecule has 10 rings (SSSR count). The topological polar surface area (TPSA) is 6.48 Å². The van der Waals surface area contributed by atoms with Gasteiger partial charge in [0.25, 0.3) is 0 Å². The van der Waals surface area contributed by atoms with Gasteiger partial charge in [0.15, 0.2) is 0 Å². The predicted octanol–water partition coefficient (Wildman–Crippen LogP) is 15.0. The molecule has 0 heterocycles. The summed E-state index contributed by atoms with van der Waals surface area (Å²) in [5, 5.41) is 2.17. The van der Waals surface area contributed by atoms with E-state index < -0.39 is 47.1 Å². The number of hydrogen-bond donors (Lipinski definition) is 0. The molecule has 0 radical (unpaired) electrons. The summed E-state index contributed by atoms with van der Waals surface area (Å²) in [6, 6.07) is 32.4. The number of para-hydroxylation sites is 2. The van der Waals surface area contributed by atoms with Crippen molar-refractivity contribution in [1.29, 1.82) is 0 Å². The van der Waals surface area contributed by atoms with Gasteiger partial charge in [-0.25, -0.2) is 0 Å². The summed E-state index contributed by atoms with van der Waals surface area (Å²) < 4.78 is 89.4. The van der Waals surface area contributed by atoms with Crippen LogP contribution >= 0.6 is 0 Å². The van der Waals surface area contributed by atoms with Gasteiger partial charge in [-0.15, -0.1) is 0 Å². The van der Waals surface area contributed by atoms with Crippen molar-refractivity contribution in [1.82, 2.24) is 0 Å². The molecule has 0 bridgehead atoms. The smallest absolute Gasteiger partial charge is 0.0645 e. The molecule has 0 saturated heterocycles. The summed E-state index contributed by atoms with van der Waals surface area (Å²) in [7, 11) is 0. The number of aryl methyl sites for hydroxylation is 2. The molecular weight excluding hydrogens is 677 g/mol. The standard InChI is InChI=1S/C54H46N2/c1-35-21-26-40(27-22-35)55(38-16-9-7-10-17-38)42-30-31-44-47(33-42)53(3,4)48-34-45-49-43-20-14-13-15-37(43)25-32-46(49)54(5,6)51(45)52(50(44)48)56(39-18-11-8-12-19-39)41-28-23-36(2)24-29-41/h7-34H,1-6H3/i7D,8D,9D,10D,11D,12D,16D,17D,18D,19D. The van der Waals surface area contributed by atoms with Crippen molar-refractivity contribution in [2.75, 3.05) is 9.80 Å². The average molecular weight is 733 g/mol. The summed E-state index contributed by atoms with van der Waals surface area (Å²) in [5.41, 5.74) is 11.0. The van der Waals surface area contributed by atoms with Crippen LogP contribution in [0.15, 0.2) is 170 Å².